The quantitative estimate of drug-likeness (QED) is 0.751. The molecule has 6 heteroatoms. The summed E-state index contributed by atoms with van der Waals surface area (Å²) in [4.78, 5) is 23.9. The highest BCUT2D eigenvalue weighted by atomic mass is 35.5. The second-order valence-corrected chi connectivity index (χ2v) is 5.70. The number of anilines is 1. The number of hydrogen-bond acceptors (Lipinski definition) is 3. The summed E-state index contributed by atoms with van der Waals surface area (Å²) in [6.07, 6.45) is -1.01. The molecule has 0 aliphatic heterocycles. The first kappa shape index (κ1) is 18.0. The van der Waals surface area contributed by atoms with E-state index in [1.807, 2.05) is 6.92 Å². The number of nitrogens with one attached hydrogen (secondary N) is 2. The number of benzene rings is 2. The average molecular weight is 347 g/mol. The number of rotatable bonds is 6. The number of halogens is 1. The van der Waals surface area contributed by atoms with E-state index in [1.165, 1.54) is 0 Å². The smallest absolute Gasteiger partial charge is 0.251 e. The van der Waals surface area contributed by atoms with Crippen molar-refractivity contribution in [3.63, 3.8) is 0 Å². The lowest BCUT2D eigenvalue weighted by Gasteiger charge is -2.12. The molecule has 0 bridgehead atoms. The summed E-state index contributed by atoms with van der Waals surface area (Å²) >= 11 is 5.80. The largest absolute Gasteiger partial charge is 0.388 e. The van der Waals surface area contributed by atoms with Crippen LogP contribution in [0, 0.1) is 0 Å². The van der Waals surface area contributed by atoms with Gasteiger partial charge in [-0.15, -0.1) is 0 Å². The van der Waals surface area contributed by atoms with Crippen molar-refractivity contribution in [3.8, 4) is 0 Å². The van der Waals surface area contributed by atoms with Gasteiger partial charge in [-0.3, -0.25) is 9.59 Å². The van der Waals surface area contributed by atoms with Crippen LogP contribution in [0.4, 0.5) is 5.69 Å². The minimum atomic E-state index is -0.922. The van der Waals surface area contributed by atoms with Crippen LogP contribution in [0.15, 0.2) is 48.5 Å². The number of carbonyl (C=O) groups excluding carboxylic acids is 2. The highest BCUT2D eigenvalue weighted by molar-refractivity contribution is 6.30. The molecule has 2 amide bonds. The first-order valence-electron chi connectivity index (χ1n) is 7.61. The molecule has 3 N–H and O–H groups in total. The van der Waals surface area contributed by atoms with Gasteiger partial charge in [-0.25, -0.2) is 0 Å². The molecule has 5 nitrogen and oxygen atoms in total. The molecule has 0 radical (unpaired) electrons. The predicted molar refractivity (Wildman–Crippen MR) is 94.1 cm³/mol. The molecular formula is C18H19ClN2O3. The molecule has 1 unspecified atom stereocenters. The van der Waals surface area contributed by atoms with Gasteiger partial charge in [0.1, 0.15) is 0 Å². The molecule has 0 aromatic heterocycles. The lowest BCUT2D eigenvalue weighted by molar-refractivity contribution is -0.118. The maximum Gasteiger partial charge on any atom is 0.251 e. The Bertz CT molecular complexity index is 716. The molecule has 0 heterocycles. The molecule has 0 saturated heterocycles. The highest BCUT2D eigenvalue weighted by Gasteiger charge is 2.14. The zero-order valence-corrected chi connectivity index (χ0v) is 14.0. The first-order chi connectivity index (χ1) is 11.5. The Labute approximate surface area is 145 Å². The molecule has 0 aliphatic carbocycles. The summed E-state index contributed by atoms with van der Waals surface area (Å²) in [5.74, 6) is -0.541. The number of carbonyl (C=O) groups is 2. The Morgan fingerprint density at radius 2 is 1.88 bits per heavy atom. The molecule has 0 saturated carbocycles. The number of amides is 2. The van der Waals surface area contributed by atoms with Gasteiger partial charge in [0.25, 0.3) is 5.91 Å². The van der Waals surface area contributed by atoms with E-state index in [0.717, 1.165) is 0 Å². The van der Waals surface area contributed by atoms with Gasteiger partial charge < -0.3 is 15.7 Å². The molecule has 1 atom stereocenters. The average Bonchev–Trinajstić information content (AvgIpc) is 2.55. The standard InChI is InChI=1S/C18H19ClN2O3/c1-2-20-18(24)13-4-3-5-15(10-13)21-17(23)11-16(22)12-6-8-14(19)9-7-12/h3-10,16,22H,2,11H2,1H3,(H,20,24)(H,21,23). The van der Waals surface area contributed by atoms with Gasteiger partial charge in [0.05, 0.1) is 12.5 Å². The van der Waals surface area contributed by atoms with E-state index in [0.29, 0.717) is 28.4 Å². The summed E-state index contributed by atoms with van der Waals surface area (Å²) in [7, 11) is 0. The van der Waals surface area contributed by atoms with Crippen molar-refractivity contribution >= 4 is 29.1 Å². The number of aliphatic hydroxyl groups excluding tert-OH is 1. The monoisotopic (exact) mass is 346 g/mol. The zero-order valence-electron chi connectivity index (χ0n) is 13.3. The normalized spacial score (nSPS) is 11.6. The lowest BCUT2D eigenvalue weighted by atomic mass is 10.1. The summed E-state index contributed by atoms with van der Waals surface area (Å²) in [5, 5.41) is 16.1. The Morgan fingerprint density at radius 1 is 1.17 bits per heavy atom. The van der Waals surface area contributed by atoms with Crippen LogP contribution in [0.2, 0.25) is 5.02 Å². The van der Waals surface area contributed by atoms with Crippen molar-refractivity contribution in [1.29, 1.82) is 0 Å². The molecule has 24 heavy (non-hydrogen) atoms. The summed E-state index contributed by atoms with van der Waals surface area (Å²) < 4.78 is 0. The van der Waals surface area contributed by atoms with Gasteiger partial charge in [0.2, 0.25) is 5.91 Å². The first-order valence-corrected chi connectivity index (χ1v) is 7.99. The molecule has 2 rings (SSSR count). The zero-order chi connectivity index (χ0) is 17.5. The van der Waals surface area contributed by atoms with E-state index in [4.69, 9.17) is 11.6 Å². The second-order valence-electron chi connectivity index (χ2n) is 5.26. The third kappa shape index (κ3) is 5.08. The van der Waals surface area contributed by atoms with E-state index in [2.05, 4.69) is 10.6 Å². The van der Waals surface area contributed by atoms with E-state index >= 15 is 0 Å². The Morgan fingerprint density at radius 3 is 2.54 bits per heavy atom. The topological polar surface area (TPSA) is 78.4 Å². The second kappa shape index (κ2) is 8.47. The van der Waals surface area contributed by atoms with Crippen molar-refractivity contribution in [2.45, 2.75) is 19.4 Å². The SMILES string of the molecule is CCNC(=O)c1cccc(NC(=O)CC(O)c2ccc(Cl)cc2)c1. The van der Waals surface area contributed by atoms with Gasteiger partial charge >= 0.3 is 0 Å². The van der Waals surface area contributed by atoms with Gasteiger partial charge in [0.15, 0.2) is 0 Å². The summed E-state index contributed by atoms with van der Waals surface area (Å²) in [6, 6.07) is 13.3. The minimum Gasteiger partial charge on any atom is -0.388 e. The van der Waals surface area contributed by atoms with Crippen LogP contribution in [-0.4, -0.2) is 23.5 Å². The van der Waals surface area contributed by atoms with Crippen molar-refractivity contribution in [3.05, 3.63) is 64.7 Å². The fourth-order valence-electron chi connectivity index (χ4n) is 2.19. The fraction of sp³-hybridized carbons (Fsp3) is 0.222. The minimum absolute atomic E-state index is 0.0903. The molecule has 0 aliphatic rings. The fourth-order valence-corrected chi connectivity index (χ4v) is 2.32. The van der Waals surface area contributed by atoms with Crippen molar-refractivity contribution in [1.82, 2.24) is 5.32 Å². The summed E-state index contributed by atoms with van der Waals surface area (Å²) in [5.41, 5.74) is 1.59. The van der Waals surface area contributed by atoms with Crippen molar-refractivity contribution in [2.75, 3.05) is 11.9 Å². The maximum atomic E-state index is 12.1. The van der Waals surface area contributed by atoms with Gasteiger partial charge in [-0.1, -0.05) is 29.8 Å². The lowest BCUT2D eigenvalue weighted by Crippen LogP contribution is -2.23. The van der Waals surface area contributed by atoms with Crippen LogP contribution in [0.3, 0.4) is 0 Å². The van der Waals surface area contributed by atoms with E-state index in [1.54, 1.807) is 48.5 Å². The van der Waals surface area contributed by atoms with E-state index in [-0.39, 0.29) is 18.2 Å². The van der Waals surface area contributed by atoms with Gasteiger partial charge in [-0.2, -0.15) is 0 Å². The van der Waals surface area contributed by atoms with Crippen LogP contribution >= 0.6 is 11.6 Å². The van der Waals surface area contributed by atoms with E-state index < -0.39 is 6.10 Å². The van der Waals surface area contributed by atoms with Crippen molar-refractivity contribution in [2.24, 2.45) is 0 Å². The van der Waals surface area contributed by atoms with Crippen LogP contribution in [0.5, 0.6) is 0 Å². The molecule has 0 fully saturated rings. The summed E-state index contributed by atoms with van der Waals surface area (Å²) in [6.45, 7) is 2.37. The van der Waals surface area contributed by atoms with Crippen LogP contribution in [0.1, 0.15) is 35.4 Å². The molecular weight excluding hydrogens is 328 g/mol. The molecule has 2 aromatic rings. The Kier molecular flexibility index (Phi) is 6.35. The number of hydrogen-bond donors (Lipinski definition) is 3. The van der Waals surface area contributed by atoms with Crippen LogP contribution in [0.25, 0.3) is 0 Å². The third-order valence-corrected chi connectivity index (χ3v) is 3.63. The molecule has 2 aromatic carbocycles. The van der Waals surface area contributed by atoms with Gasteiger partial charge in [-0.05, 0) is 42.8 Å². The number of aliphatic hydroxyl groups is 1. The third-order valence-electron chi connectivity index (χ3n) is 3.38. The Hall–Kier alpha value is -2.37. The maximum absolute atomic E-state index is 12.1. The van der Waals surface area contributed by atoms with Crippen LogP contribution in [-0.2, 0) is 4.79 Å². The van der Waals surface area contributed by atoms with Gasteiger partial charge in [0, 0.05) is 22.8 Å². The highest BCUT2D eigenvalue weighted by Crippen LogP contribution is 2.20. The predicted octanol–water partition coefficient (Wildman–Crippen LogP) is 3.15. The Balaban J connectivity index is 1.98. The van der Waals surface area contributed by atoms with Crippen LogP contribution < -0.4 is 10.6 Å². The van der Waals surface area contributed by atoms with E-state index in [9.17, 15) is 14.7 Å². The molecule has 126 valence electrons. The van der Waals surface area contributed by atoms with Crippen molar-refractivity contribution < 1.29 is 14.7 Å². The molecule has 0 spiro atoms.